The smallest absolute Gasteiger partial charge is 0.306 e. The van der Waals surface area contributed by atoms with Gasteiger partial charge in [-0.3, -0.25) is 14.4 Å². The molecule has 0 saturated carbocycles. The average Bonchev–Trinajstić information content (AvgIpc) is 3.47. The SMILES string of the molecule is CC/C=C\C/C=C\C/C=C\C/C=C\C/C=C\CCCCCCCCCC(=O)OC(COC(=O)CCCCCCCCC/C=C\C/C=C\C/C=C\CC)COC(=O)CCCCCCCCCCCCCCCCCCCCCCCCCC. The Labute approximate surface area is 508 Å². The normalized spacial score (nSPS) is 12.7. The van der Waals surface area contributed by atoms with Crippen LogP contribution in [-0.2, 0) is 28.6 Å². The highest BCUT2D eigenvalue weighted by Crippen LogP contribution is 2.18. The summed E-state index contributed by atoms with van der Waals surface area (Å²) >= 11 is 0. The van der Waals surface area contributed by atoms with Crippen LogP contribution in [0.4, 0.5) is 0 Å². The maximum absolute atomic E-state index is 13.0. The van der Waals surface area contributed by atoms with Gasteiger partial charge < -0.3 is 14.2 Å². The summed E-state index contributed by atoms with van der Waals surface area (Å²) < 4.78 is 17.0. The minimum Gasteiger partial charge on any atom is -0.462 e. The summed E-state index contributed by atoms with van der Waals surface area (Å²) in [5.41, 5.74) is 0. The molecule has 0 aliphatic carbocycles. The molecule has 0 radical (unpaired) electrons. The lowest BCUT2D eigenvalue weighted by Crippen LogP contribution is -2.30. The predicted molar refractivity (Wildman–Crippen MR) is 357 cm³/mol. The zero-order valence-electron chi connectivity index (χ0n) is 54.2. The third kappa shape index (κ3) is 67.1. The Bertz CT molecular complexity index is 1590. The van der Waals surface area contributed by atoms with E-state index in [1.54, 1.807) is 0 Å². The molecule has 0 aliphatic rings. The molecule has 0 aromatic carbocycles. The van der Waals surface area contributed by atoms with Gasteiger partial charge in [-0.25, -0.2) is 0 Å². The molecule has 0 saturated heterocycles. The molecule has 1 atom stereocenters. The van der Waals surface area contributed by atoms with E-state index in [0.29, 0.717) is 19.3 Å². The number of carbonyl (C=O) groups excluding carboxylic acids is 3. The molecule has 6 heteroatoms. The highest BCUT2D eigenvalue weighted by Gasteiger charge is 2.19. The Balaban J connectivity index is 4.36. The van der Waals surface area contributed by atoms with Crippen molar-refractivity contribution in [1.29, 1.82) is 0 Å². The van der Waals surface area contributed by atoms with Crippen LogP contribution in [0.5, 0.6) is 0 Å². The van der Waals surface area contributed by atoms with Gasteiger partial charge in [-0.2, -0.15) is 0 Å². The van der Waals surface area contributed by atoms with Crippen LogP contribution in [0.25, 0.3) is 0 Å². The van der Waals surface area contributed by atoms with Gasteiger partial charge in [0.05, 0.1) is 0 Å². The Morgan fingerprint density at radius 1 is 0.256 bits per heavy atom. The van der Waals surface area contributed by atoms with Crippen molar-refractivity contribution in [2.75, 3.05) is 13.2 Å². The number of carbonyl (C=O) groups is 3. The number of unbranched alkanes of at least 4 members (excludes halogenated alkanes) is 37. The molecule has 0 fully saturated rings. The number of esters is 3. The van der Waals surface area contributed by atoms with E-state index >= 15 is 0 Å². The van der Waals surface area contributed by atoms with E-state index in [-0.39, 0.29) is 31.1 Å². The quantitative estimate of drug-likeness (QED) is 0.0261. The first kappa shape index (κ1) is 78.3. The van der Waals surface area contributed by atoms with Crippen molar-refractivity contribution in [3.63, 3.8) is 0 Å². The molecule has 0 heterocycles. The van der Waals surface area contributed by atoms with Gasteiger partial charge >= 0.3 is 17.9 Å². The molecule has 0 rings (SSSR count). The maximum Gasteiger partial charge on any atom is 0.306 e. The number of rotatable bonds is 64. The van der Waals surface area contributed by atoms with Crippen LogP contribution < -0.4 is 0 Å². The molecule has 0 aromatic heterocycles. The first-order valence-electron chi connectivity index (χ1n) is 35.2. The number of allylic oxidation sites excluding steroid dienone is 16. The van der Waals surface area contributed by atoms with Gasteiger partial charge in [0.15, 0.2) is 6.10 Å². The van der Waals surface area contributed by atoms with E-state index in [4.69, 9.17) is 14.2 Å². The number of hydrogen-bond donors (Lipinski definition) is 0. The van der Waals surface area contributed by atoms with Crippen LogP contribution in [0.1, 0.15) is 348 Å². The Morgan fingerprint density at radius 2 is 0.476 bits per heavy atom. The fourth-order valence-corrected chi connectivity index (χ4v) is 10.1. The highest BCUT2D eigenvalue weighted by atomic mass is 16.6. The molecule has 6 nitrogen and oxygen atoms in total. The van der Waals surface area contributed by atoms with Crippen molar-refractivity contribution >= 4 is 17.9 Å². The topological polar surface area (TPSA) is 78.9 Å². The summed E-state index contributed by atoms with van der Waals surface area (Å²) in [6.07, 6.45) is 94.3. The summed E-state index contributed by atoms with van der Waals surface area (Å²) in [4.78, 5) is 38.5. The van der Waals surface area contributed by atoms with Gasteiger partial charge in [-0.05, 0) is 96.3 Å². The standard InChI is InChI=1S/C76H132O6/c1-4-7-10-13-16-19-22-25-28-31-33-35-37-39-40-42-45-48-51-54-57-60-63-66-69-75(78)81-72-73(71-80-74(77)68-65-62-59-56-53-50-47-44-30-27-24-21-18-15-12-9-6-3)82-76(79)70-67-64-61-58-55-52-49-46-43-41-38-36-34-32-29-26-23-20-17-14-11-8-5-2/h8-9,11-12,17-18,20-21,26-27,29-30,34,36,41,43,73H,4-7,10,13-16,19,22-25,28,31-33,35,37-40,42,44-72H2,1-3H3/b11-8-,12-9-,20-17-,21-18-,29-26-,30-27-,36-34-,43-41-. The van der Waals surface area contributed by atoms with Crippen LogP contribution in [0, 0.1) is 0 Å². The molecule has 0 aromatic rings. The second-order valence-corrected chi connectivity index (χ2v) is 23.4. The molecular weight excluding hydrogens is 1010 g/mol. The fourth-order valence-electron chi connectivity index (χ4n) is 10.1. The zero-order valence-corrected chi connectivity index (χ0v) is 54.2. The molecule has 0 bridgehead atoms. The summed E-state index contributed by atoms with van der Waals surface area (Å²) in [6, 6.07) is 0. The van der Waals surface area contributed by atoms with Crippen LogP contribution >= 0.6 is 0 Å². The molecule has 0 spiro atoms. The lowest BCUT2D eigenvalue weighted by molar-refractivity contribution is -0.167. The van der Waals surface area contributed by atoms with Crippen molar-refractivity contribution in [1.82, 2.24) is 0 Å². The average molecular weight is 1140 g/mol. The fraction of sp³-hybridized carbons (Fsp3) is 0.750. The van der Waals surface area contributed by atoms with Gasteiger partial charge in [0.2, 0.25) is 0 Å². The molecule has 472 valence electrons. The molecule has 82 heavy (non-hydrogen) atoms. The second-order valence-electron chi connectivity index (χ2n) is 23.4. The van der Waals surface area contributed by atoms with E-state index in [0.717, 1.165) is 122 Å². The van der Waals surface area contributed by atoms with Gasteiger partial charge in [-0.1, -0.05) is 330 Å². The summed E-state index contributed by atoms with van der Waals surface area (Å²) in [7, 11) is 0. The number of hydrogen-bond acceptors (Lipinski definition) is 6. The van der Waals surface area contributed by atoms with Crippen LogP contribution in [-0.4, -0.2) is 37.2 Å². The van der Waals surface area contributed by atoms with E-state index in [9.17, 15) is 14.4 Å². The minimum absolute atomic E-state index is 0.0827. The van der Waals surface area contributed by atoms with E-state index in [2.05, 4.69) is 118 Å². The second kappa shape index (κ2) is 69.8. The molecule has 0 N–H and O–H groups in total. The van der Waals surface area contributed by atoms with Crippen molar-refractivity contribution in [2.24, 2.45) is 0 Å². The summed E-state index contributed by atoms with van der Waals surface area (Å²) in [6.45, 7) is 6.45. The lowest BCUT2D eigenvalue weighted by Gasteiger charge is -2.18. The lowest BCUT2D eigenvalue weighted by atomic mass is 10.0. The van der Waals surface area contributed by atoms with Crippen molar-refractivity contribution < 1.29 is 28.6 Å². The van der Waals surface area contributed by atoms with Crippen molar-refractivity contribution in [3.8, 4) is 0 Å². The summed E-state index contributed by atoms with van der Waals surface area (Å²) in [5.74, 6) is -0.887. The number of ether oxygens (including phenoxy) is 3. The molecule has 1 unspecified atom stereocenters. The van der Waals surface area contributed by atoms with Crippen molar-refractivity contribution in [2.45, 2.75) is 354 Å². The third-order valence-corrected chi connectivity index (χ3v) is 15.3. The van der Waals surface area contributed by atoms with Crippen LogP contribution in [0.3, 0.4) is 0 Å². The first-order valence-corrected chi connectivity index (χ1v) is 35.2. The van der Waals surface area contributed by atoms with Gasteiger partial charge in [0.25, 0.3) is 0 Å². The van der Waals surface area contributed by atoms with Crippen LogP contribution in [0.15, 0.2) is 97.2 Å². The first-order chi connectivity index (χ1) is 40.5. The monoisotopic (exact) mass is 1140 g/mol. The van der Waals surface area contributed by atoms with Gasteiger partial charge in [0.1, 0.15) is 13.2 Å². The molecule has 0 amide bonds. The Morgan fingerprint density at radius 3 is 0.744 bits per heavy atom. The summed E-state index contributed by atoms with van der Waals surface area (Å²) in [5, 5.41) is 0. The van der Waals surface area contributed by atoms with Gasteiger partial charge in [0, 0.05) is 19.3 Å². The third-order valence-electron chi connectivity index (χ3n) is 15.3. The van der Waals surface area contributed by atoms with Gasteiger partial charge in [-0.15, -0.1) is 0 Å². The maximum atomic E-state index is 13.0. The largest absolute Gasteiger partial charge is 0.462 e. The predicted octanol–water partition coefficient (Wildman–Crippen LogP) is 24.4. The van der Waals surface area contributed by atoms with Crippen molar-refractivity contribution in [3.05, 3.63) is 97.2 Å². The van der Waals surface area contributed by atoms with E-state index in [1.165, 1.54) is 186 Å². The highest BCUT2D eigenvalue weighted by molar-refractivity contribution is 5.71. The van der Waals surface area contributed by atoms with E-state index in [1.807, 2.05) is 0 Å². The molecule has 0 aliphatic heterocycles. The molecular formula is C76H132O6. The Kier molecular flexibility index (Phi) is 66.7. The Hall–Kier alpha value is -3.67. The van der Waals surface area contributed by atoms with Crippen LogP contribution in [0.2, 0.25) is 0 Å². The van der Waals surface area contributed by atoms with E-state index < -0.39 is 6.10 Å². The zero-order chi connectivity index (χ0) is 59.2. The minimum atomic E-state index is -0.790.